The van der Waals surface area contributed by atoms with Gasteiger partial charge in [-0.15, -0.1) is 0 Å². The molecular formula is C26H28N2O4S. The maximum absolute atomic E-state index is 13.5. The zero-order valence-electron chi connectivity index (χ0n) is 18.6. The first kappa shape index (κ1) is 23.1. The summed E-state index contributed by atoms with van der Waals surface area (Å²) in [6, 6.07) is 17.2. The number of aliphatic imine (C=N–C) groups is 1. The van der Waals surface area contributed by atoms with Crippen LogP contribution in [0.5, 0.6) is 5.75 Å². The Morgan fingerprint density at radius 3 is 2.58 bits per heavy atom. The van der Waals surface area contributed by atoms with Gasteiger partial charge in [-0.1, -0.05) is 50.1 Å². The number of carbonyl (C=O) groups is 2. The summed E-state index contributed by atoms with van der Waals surface area (Å²) in [5, 5.41) is 9.47. The van der Waals surface area contributed by atoms with Crippen molar-refractivity contribution in [3.63, 3.8) is 0 Å². The van der Waals surface area contributed by atoms with Crippen LogP contribution in [0.4, 0.5) is 5.69 Å². The van der Waals surface area contributed by atoms with Crippen LogP contribution in [0.3, 0.4) is 0 Å². The molecule has 1 N–H and O–H groups in total. The van der Waals surface area contributed by atoms with Gasteiger partial charge in [-0.2, -0.15) is 0 Å². The third-order valence-corrected chi connectivity index (χ3v) is 6.96. The Kier molecular flexibility index (Phi) is 7.50. The summed E-state index contributed by atoms with van der Waals surface area (Å²) < 4.78 is 5.45. The standard InChI is InChI=1S/C26H28N2O4S/c1-18-7-5-6-10-22(18)28-25(31)23(33-26(28)27-20-8-3-2-4-9-20)17-19-11-13-21(14-12-19)32-16-15-24(29)30/h2-4,8-9,11-14,17-18,22H,5-7,10,15-16H2,1H3,(H,29,30)/b23-17-,27-26?/t18-,22-/m1/s1. The van der Waals surface area contributed by atoms with Crippen molar-refractivity contribution in [3.05, 3.63) is 65.1 Å². The quantitative estimate of drug-likeness (QED) is 0.530. The molecule has 1 saturated carbocycles. The number of hydrogen-bond donors (Lipinski definition) is 1. The average Bonchev–Trinajstić information content (AvgIpc) is 3.10. The van der Waals surface area contributed by atoms with E-state index >= 15 is 0 Å². The van der Waals surface area contributed by atoms with Crippen molar-refractivity contribution in [1.82, 2.24) is 4.90 Å². The van der Waals surface area contributed by atoms with Crippen LogP contribution in [0.15, 0.2) is 64.5 Å². The molecule has 1 aliphatic carbocycles. The van der Waals surface area contributed by atoms with Crippen LogP contribution in [-0.4, -0.2) is 39.7 Å². The predicted octanol–water partition coefficient (Wildman–Crippen LogP) is 5.72. The number of para-hydroxylation sites is 1. The van der Waals surface area contributed by atoms with Gasteiger partial charge in [0.05, 0.1) is 23.6 Å². The van der Waals surface area contributed by atoms with E-state index in [9.17, 15) is 9.59 Å². The summed E-state index contributed by atoms with van der Waals surface area (Å²) in [4.78, 5) is 31.5. The van der Waals surface area contributed by atoms with Crippen molar-refractivity contribution in [2.75, 3.05) is 6.61 Å². The summed E-state index contributed by atoms with van der Waals surface area (Å²) in [5.41, 5.74) is 1.72. The second kappa shape index (κ2) is 10.7. The highest BCUT2D eigenvalue weighted by Gasteiger charge is 2.41. The highest BCUT2D eigenvalue weighted by atomic mass is 32.2. The number of thioether (sulfide) groups is 1. The fourth-order valence-electron chi connectivity index (χ4n) is 4.22. The Morgan fingerprint density at radius 2 is 1.88 bits per heavy atom. The Hall–Kier alpha value is -3.06. The molecule has 1 heterocycles. The van der Waals surface area contributed by atoms with Crippen molar-refractivity contribution in [2.24, 2.45) is 10.9 Å². The summed E-state index contributed by atoms with van der Waals surface area (Å²) >= 11 is 1.42. The first-order valence-corrected chi connectivity index (χ1v) is 12.1. The third kappa shape index (κ3) is 5.85. The summed E-state index contributed by atoms with van der Waals surface area (Å²) in [6.07, 6.45) is 6.31. The number of hydrogen-bond acceptors (Lipinski definition) is 5. The normalized spacial score (nSPS) is 23.3. The SMILES string of the molecule is C[C@@H]1CCCC[C@H]1N1C(=O)/C(=C/c2ccc(OCCC(=O)O)cc2)SC1=Nc1ccccc1. The smallest absolute Gasteiger partial charge is 0.306 e. The number of carboxylic acid groups (broad SMARTS) is 1. The van der Waals surface area contributed by atoms with E-state index in [1.165, 1.54) is 18.2 Å². The summed E-state index contributed by atoms with van der Waals surface area (Å²) in [7, 11) is 0. The minimum atomic E-state index is -0.891. The van der Waals surface area contributed by atoms with Crippen LogP contribution in [0.25, 0.3) is 6.08 Å². The van der Waals surface area contributed by atoms with E-state index in [1.807, 2.05) is 53.4 Å². The van der Waals surface area contributed by atoms with Crippen LogP contribution in [-0.2, 0) is 9.59 Å². The molecule has 4 rings (SSSR count). The lowest BCUT2D eigenvalue weighted by Crippen LogP contribution is -2.44. The van der Waals surface area contributed by atoms with Gasteiger partial charge in [0.15, 0.2) is 5.17 Å². The molecule has 2 fully saturated rings. The third-order valence-electron chi connectivity index (χ3n) is 5.98. The maximum atomic E-state index is 13.5. The number of amides is 1. The molecule has 6 nitrogen and oxygen atoms in total. The molecule has 0 bridgehead atoms. The second-order valence-corrected chi connectivity index (χ2v) is 9.42. The van der Waals surface area contributed by atoms with Crippen molar-refractivity contribution < 1.29 is 19.4 Å². The lowest BCUT2D eigenvalue weighted by atomic mass is 9.85. The van der Waals surface area contributed by atoms with E-state index in [1.54, 1.807) is 12.1 Å². The van der Waals surface area contributed by atoms with Crippen LogP contribution in [0.2, 0.25) is 0 Å². The Bertz CT molecular complexity index is 1050. The number of carboxylic acids is 1. The molecule has 0 radical (unpaired) electrons. The molecule has 1 aliphatic heterocycles. The van der Waals surface area contributed by atoms with Crippen molar-refractivity contribution in [1.29, 1.82) is 0 Å². The Morgan fingerprint density at radius 1 is 1.15 bits per heavy atom. The summed E-state index contributed by atoms with van der Waals surface area (Å²) in [6.45, 7) is 2.35. The van der Waals surface area contributed by atoms with E-state index in [0.29, 0.717) is 16.6 Å². The Labute approximate surface area is 198 Å². The minimum absolute atomic E-state index is 0.00946. The summed E-state index contributed by atoms with van der Waals surface area (Å²) in [5.74, 6) is 0.159. The fourth-order valence-corrected chi connectivity index (χ4v) is 5.26. The van der Waals surface area contributed by atoms with Crippen molar-refractivity contribution >= 4 is 40.6 Å². The van der Waals surface area contributed by atoms with E-state index in [0.717, 1.165) is 35.7 Å². The molecule has 172 valence electrons. The number of carbonyl (C=O) groups excluding carboxylic acids is 1. The van der Waals surface area contributed by atoms with Gasteiger partial charge in [-0.3, -0.25) is 14.5 Å². The van der Waals surface area contributed by atoms with Gasteiger partial charge in [0.25, 0.3) is 5.91 Å². The van der Waals surface area contributed by atoms with E-state index in [4.69, 9.17) is 14.8 Å². The molecule has 0 unspecified atom stereocenters. The first-order valence-electron chi connectivity index (χ1n) is 11.3. The highest BCUT2D eigenvalue weighted by molar-refractivity contribution is 8.18. The van der Waals surface area contributed by atoms with Gasteiger partial charge in [-0.05, 0) is 66.4 Å². The topological polar surface area (TPSA) is 79.2 Å². The van der Waals surface area contributed by atoms with Gasteiger partial charge in [-0.25, -0.2) is 4.99 Å². The lowest BCUT2D eigenvalue weighted by molar-refractivity contribution is -0.137. The number of nitrogens with zero attached hydrogens (tertiary/aromatic N) is 2. The van der Waals surface area contributed by atoms with E-state index in [2.05, 4.69) is 6.92 Å². The molecule has 0 aromatic heterocycles. The lowest BCUT2D eigenvalue weighted by Gasteiger charge is -2.35. The molecule has 1 amide bonds. The average molecular weight is 465 g/mol. The van der Waals surface area contributed by atoms with Gasteiger partial charge in [0.1, 0.15) is 5.75 Å². The number of aliphatic carboxylic acids is 1. The van der Waals surface area contributed by atoms with Crippen LogP contribution in [0, 0.1) is 5.92 Å². The molecule has 33 heavy (non-hydrogen) atoms. The molecule has 2 aromatic carbocycles. The van der Waals surface area contributed by atoms with Crippen LogP contribution < -0.4 is 4.74 Å². The highest BCUT2D eigenvalue weighted by Crippen LogP contribution is 2.40. The predicted molar refractivity (Wildman–Crippen MR) is 132 cm³/mol. The number of benzene rings is 2. The zero-order chi connectivity index (χ0) is 23.2. The van der Waals surface area contributed by atoms with Gasteiger partial charge in [0.2, 0.25) is 0 Å². The van der Waals surface area contributed by atoms with E-state index in [-0.39, 0.29) is 25.0 Å². The Balaban J connectivity index is 1.57. The van der Waals surface area contributed by atoms with Crippen molar-refractivity contribution in [2.45, 2.75) is 45.1 Å². The van der Waals surface area contributed by atoms with Gasteiger partial charge >= 0.3 is 5.97 Å². The number of rotatable bonds is 7. The molecule has 7 heteroatoms. The molecule has 0 spiro atoms. The van der Waals surface area contributed by atoms with Gasteiger partial charge in [0, 0.05) is 6.04 Å². The fraction of sp³-hybridized carbons (Fsp3) is 0.346. The molecule has 2 aliphatic rings. The molecule has 2 atom stereocenters. The minimum Gasteiger partial charge on any atom is -0.493 e. The monoisotopic (exact) mass is 464 g/mol. The van der Waals surface area contributed by atoms with Crippen molar-refractivity contribution in [3.8, 4) is 5.75 Å². The van der Waals surface area contributed by atoms with E-state index < -0.39 is 5.97 Å². The number of amidine groups is 1. The number of ether oxygens (including phenoxy) is 1. The maximum Gasteiger partial charge on any atom is 0.306 e. The first-order chi connectivity index (χ1) is 16.0. The van der Waals surface area contributed by atoms with Crippen LogP contribution >= 0.6 is 11.8 Å². The second-order valence-electron chi connectivity index (χ2n) is 8.41. The van der Waals surface area contributed by atoms with Gasteiger partial charge < -0.3 is 9.84 Å². The molecule has 1 saturated heterocycles. The molecule has 2 aromatic rings. The van der Waals surface area contributed by atoms with Crippen LogP contribution in [0.1, 0.15) is 44.6 Å². The molecular weight excluding hydrogens is 436 g/mol. The largest absolute Gasteiger partial charge is 0.493 e. The zero-order valence-corrected chi connectivity index (χ0v) is 19.5.